The SMILES string of the molecule is CC1(C)C(/C=C2/C(=O)C(/C=C3/N(CCCCCC(=O)O)c4ccc(S(=O)(=O)O)cc4C3(C)C)=C2S)=[N+](CCCCCC(=O)O)c2ccc(S(=O)(=O)O)cc21. The number of carbonyl (C=O) groups is 3. The minimum absolute atomic E-state index is 0.0345. The molecule has 0 radical (unpaired) electrons. The van der Waals surface area contributed by atoms with Crippen LogP contribution in [0.4, 0.5) is 11.4 Å². The zero-order valence-electron chi connectivity index (χ0n) is 30.5. The maximum Gasteiger partial charge on any atom is 0.303 e. The summed E-state index contributed by atoms with van der Waals surface area (Å²) in [6.45, 7) is 8.46. The van der Waals surface area contributed by atoms with Gasteiger partial charge in [-0.2, -0.15) is 21.4 Å². The van der Waals surface area contributed by atoms with Crippen molar-refractivity contribution < 1.29 is 55.1 Å². The fourth-order valence-electron chi connectivity index (χ4n) is 7.46. The molecule has 16 heteroatoms. The van der Waals surface area contributed by atoms with E-state index in [1.807, 2.05) is 37.2 Å². The average molecular weight is 802 g/mol. The van der Waals surface area contributed by atoms with E-state index in [-0.39, 0.29) is 28.4 Å². The first-order valence-electron chi connectivity index (χ1n) is 17.6. The van der Waals surface area contributed by atoms with Crippen molar-refractivity contribution in [1.82, 2.24) is 0 Å². The van der Waals surface area contributed by atoms with Gasteiger partial charge in [-0.15, -0.1) is 12.6 Å². The Bertz CT molecular complexity index is 2280. The molecule has 0 aromatic heterocycles. The van der Waals surface area contributed by atoms with Crippen LogP contribution < -0.4 is 4.90 Å². The number of carbonyl (C=O) groups excluding carboxylic acids is 1. The van der Waals surface area contributed by atoms with Crippen LogP contribution in [-0.4, -0.2) is 77.3 Å². The Morgan fingerprint density at radius 1 is 0.778 bits per heavy atom. The number of hydrogen-bond acceptors (Lipinski definition) is 9. The van der Waals surface area contributed by atoms with Crippen LogP contribution in [0.15, 0.2) is 80.1 Å². The molecule has 0 amide bonds. The van der Waals surface area contributed by atoms with Crippen LogP contribution in [0.3, 0.4) is 0 Å². The van der Waals surface area contributed by atoms with Gasteiger partial charge in [0.1, 0.15) is 6.54 Å². The van der Waals surface area contributed by atoms with E-state index in [1.165, 1.54) is 24.3 Å². The monoisotopic (exact) mass is 801 g/mol. The lowest BCUT2D eigenvalue weighted by Crippen LogP contribution is -2.31. The number of nitrogens with zero attached hydrogens (tertiary/aromatic N) is 2. The van der Waals surface area contributed by atoms with E-state index >= 15 is 0 Å². The molecule has 0 fully saturated rings. The molecule has 54 heavy (non-hydrogen) atoms. The Balaban J connectivity index is 1.55. The van der Waals surface area contributed by atoms with E-state index < -0.39 is 43.0 Å². The van der Waals surface area contributed by atoms with Crippen LogP contribution in [0.25, 0.3) is 0 Å². The van der Waals surface area contributed by atoms with Gasteiger partial charge < -0.3 is 15.1 Å². The van der Waals surface area contributed by atoms with Crippen LogP contribution in [-0.2, 0) is 45.4 Å². The van der Waals surface area contributed by atoms with Crippen molar-refractivity contribution in [3.05, 3.63) is 81.4 Å². The quantitative estimate of drug-likeness (QED) is 0.0422. The van der Waals surface area contributed by atoms with Gasteiger partial charge in [0.15, 0.2) is 11.5 Å². The van der Waals surface area contributed by atoms with Crippen LogP contribution in [0.1, 0.15) is 90.2 Å². The molecule has 4 N–H and O–H groups in total. The Labute approximate surface area is 320 Å². The van der Waals surface area contributed by atoms with E-state index in [9.17, 15) is 40.3 Å². The number of benzene rings is 2. The van der Waals surface area contributed by atoms with Gasteiger partial charge in [0, 0.05) is 76.4 Å². The Morgan fingerprint density at radius 2 is 1.33 bits per heavy atom. The first-order chi connectivity index (χ1) is 25.1. The molecule has 13 nitrogen and oxygen atoms in total. The summed E-state index contributed by atoms with van der Waals surface area (Å²) in [5.41, 5.74) is 3.06. The number of carboxylic acids is 2. The highest BCUT2D eigenvalue weighted by Crippen LogP contribution is 2.50. The van der Waals surface area contributed by atoms with Gasteiger partial charge in [-0.3, -0.25) is 23.5 Å². The molecular formula is C38H45N2O11S3+. The molecule has 0 saturated heterocycles. The molecule has 2 aliphatic heterocycles. The van der Waals surface area contributed by atoms with E-state index in [0.29, 0.717) is 102 Å². The standard InChI is InChI=1S/C38H44N2O11S3/c1-37(2)27-19-23(53(46,47)48)13-15-29(27)39(17-9-5-7-11-33(41)42)31(37)21-25-35(45)26(36(25)52)22-32-38(3,4)28-20-24(54(49,50)51)14-16-30(28)40(32)18-10-6-8-12-34(43)44/h13-16,19-22H,5-12,17-18H2,1-4H3,(H4-,41,42,43,44,45,46,47,48,49,50,51,52)/p+1. The minimum atomic E-state index is -4.50. The van der Waals surface area contributed by atoms with E-state index in [1.54, 1.807) is 24.3 Å². The van der Waals surface area contributed by atoms with Gasteiger partial charge in [0.25, 0.3) is 20.2 Å². The second-order valence-corrected chi connectivity index (χ2v) is 18.1. The first kappa shape index (κ1) is 41.1. The molecule has 5 rings (SSSR count). The summed E-state index contributed by atoms with van der Waals surface area (Å²) in [6.07, 6.45) is 6.99. The van der Waals surface area contributed by atoms with Crippen molar-refractivity contribution >= 4 is 67.7 Å². The van der Waals surface area contributed by atoms with Crippen LogP contribution in [0, 0.1) is 0 Å². The molecule has 0 atom stereocenters. The largest absolute Gasteiger partial charge is 0.481 e. The van der Waals surface area contributed by atoms with Gasteiger partial charge >= 0.3 is 11.9 Å². The fourth-order valence-corrected chi connectivity index (χ4v) is 8.81. The van der Waals surface area contributed by atoms with E-state index in [0.717, 1.165) is 0 Å². The zero-order valence-corrected chi connectivity index (χ0v) is 33.0. The van der Waals surface area contributed by atoms with Crippen molar-refractivity contribution in [1.29, 1.82) is 0 Å². The number of allylic oxidation sites excluding steroid dienone is 5. The molecule has 0 unspecified atom stereocenters. The highest BCUT2D eigenvalue weighted by atomic mass is 32.2. The predicted molar refractivity (Wildman–Crippen MR) is 205 cm³/mol. The van der Waals surface area contributed by atoms with Crippen molar-refractivity contribution in [2.45, 2.75) is 99.7 Å². The number of carboxylic acid groups (broad SMARTS) is 2. The number of thiol groups is 1. The normalized spacial score (nSPS) is 19.1. The summed E-state index contributed by atoms with van der Waals surface area (Å²) in [5.74, 6) is -2.06. The topological polar surface area (TPSA) is 207 Å². The number of hydrogen-bond donors (Lipinski definition) is 5. The van der Waals surface area contributed by atoms with Crippen molar-refractivity contribution in [2.75, 3.05) is 18.0 Å². The predicted octanol–water partition coefficient (Wildman–Crippen LogP) is 6.22. The zero-order chi connectivity index (χ0) is 40.0. The lowest BCUT2D eigenvalue weighted by atomic mass is 9.78. The first-order valence-corrected chi connectivity index (χ1v) is 20.9. The summed E-state index contributed by atoms with van der Waals surface area (Å²) in [6, 6.07) is 8.71. The summed E-state index contributed by atoms with van der Waals surface area (Å²) in [5, 5.41) is 18.1. The second kappa shape index (κ2) is 15.2. The molecule has 0 spiro atoms. The molecule has 2 aromatic carbocycles. The summed E-state index contributed by atoms with van der Waals surface area (Å²) in [7, 11) is -9.00. The fraction of sp³-hybridized carbons (Fsp3) is 0.421. The maximum atomic E-state index is 14.0. The minimum Gasteiger partial charge on any atom is -0.481 e. The van der Waals surface area contributed by atoms with E-state index in [2.05, 4.69) is 0 Å². The van der Waals surface area contributed by atoms with Crippen molar-refractivity contribution in [3.63, 3.8) is 0 Å². The second-order valence-electron chi connectivity index (χ2n) is 14.8. The maximum absolute atomic E-state index is 14.0. The number of unbranched alkanes of at least 4 members (excludes halogenated alkanes) is 4. The molecule has 2 aromatic rings. The van der Waals surface area contributed by atoms with Crippen molar-refractivity contribution in [2.24, 2.45) is 0 Å². The Kier molecular flexibility index (Phi) is 11.6. The highest BCUT2D eigenvalue weighted by molar-refractivity contribution is 7.86. The number of rotatable bonds is 16. The van der Waals surface area contributed by atoms with Crippen LogP contribution >= 0.6 is 12.6 Å². The van der Waals surface area contributed by atoms with Crippen LogP contribution in [0.5, 0.6) is 0 Å². The molecule has 2 heterocycles. The van der Waals surface area contributed by atoms with Gasteiger partial charge in [0.05, 0.1) is 15.2 Å². The van der Waals surface area contributed by atoms with Crippen LogP contribution in [0.2, 0.25) is 0 Å². The van der Waals surface area contributed by atoms with Crippen molar-refractivity contribution in [3.8, 4) is 0 Å². The summed E-state index contributed by atoms with van der Waals surface area (Å²) < 4.78 is 69.8. The third-order valence-corrected chi connectivity index (χ3v) is 12.6. The number of anilines is 1. The third kappa shape index (κ3) is 8.13. The smallest absolute Gasteiger partial charge is 0.303 e. The molecular weight excluding hydrogens is 757 g/mol. The molecule has 290 valence electrons. The number of Topliss-reactive ketones (excluding diaryl/α,β-unsaturated/α-hetero) is 1. The summed E-state index contributed by atoms with van der Waals surface area (Å²) >= 11 is 4.78. The Hall–Kier alpha value is -4.09. The average Bonchev–Trinajstić information content (AvgIpc) is 3.41. The molecule has 0 bridgehead atoms. The molecule has 1 aliphatic carbocycles. The van der Waals surface area contributed by atoms with Gasteiger partial charge in [-0.1, -0.05) is 20.3 Å². The van der Waals surface area contributed by atoms with E-state index in [4.69, 9.17) is 22.8 Å². The number of fused-ring (bicyclic) bond motifs is 2. The van der Waals surface area contributed by atoms with Gasteiger partial charge in [-0.05, 0) is 81.5 Å². The molecule has 3 aliphatic rings. The number of ketones is 1. The lowest BCUT2D eigenvalue weighted by molar-refractivity contribution is -0.438. The van der Waals surface area contributed by atoms with Gasteiger partial charge in [-0.25, -0.2) is 0 Å². The third-order valence-electron chi connectivity index (χ3n) is 10.4. The number of aliphatic carboxylic acids is 2. The lowest BCUT2D eigenvalue weighted by Gasteiger charge is -2.30. The summed E-state index contributed by atoms with van der Waals surface area (Å²) in [4.78, 5) is 38.0. The Morgan fingerprint density at radius 3 is 1.89 bits per heavy atom. The van der Waals surface area contributed by atoms with Gasteiger partial charge in [0.2, 0.25) is 5.69 Å². The highest BCUT2D eigenvalue weighted by Gasteiger charge is 2.47. The molecule has 0 saturated carbocycles.